The van der Waals surface area contributed by atoms with Crippen molar-refractivity contribution in [1.82, 2.24) is 29.1 Å². The largest absolute Gasteiger partial charge is 0.418 e. The Bertz CT molecular complexity index is 1550. The summed E-state index contributed by atoms with van der Waals surface area (Å²) in [4.78, 5) is 12.7. The maximum atomic E-state index is 13.6. The lowest BCUT2D eigenvalue weighted by molar-refractivity contribution is -0.138. The Morgan fingerprint density at radius 1 is 0.861 bits per heavy atom. The van der Waals surface area contributed by atoms with E-state index in [4.69, 9.17) is 0 Å². The van der Waals surface area contributed by atoms with Crippen LogP contribution < -0.4 is 5.32 Å². The number of imidazole rings is 2. The molecule has 0 amide bonds. The topological polar surface area (TPSA) is 72.9 Å². The zero-order valence-electron chi connectivity index (χ0n) is 18.3. The monoisotopic (exact) mass is 503 g/mol. The normalized spacial score (nSPS) is 12.3. The standard InChI is InChI=1S/C23H15F6N7/c1-35-10-9-31-20(35)19-17-11-13(18-16(23(27,28)29)3-2-8-30-18)12-32-36(17)21(34-19)33-15-6-4-14(5-7-15)22(24,25)26/h2-12H,1H3,(H,33,34). The van der Waals surface area contributed by atoms with E-state index in [0.717, 1.165) is 18.2 Å². The van der Waals surface area contributed by atoms with Crippen molar-refractivity contribution in [2.75, 3.05) is 5.32 Å². The van der Waals surface area contributed by atoms with Crippen molar-refractivity contribution in [1.29, 1.82) is 0 Å². The highest BCUT2D eigenvalue weighted by Crippen LogP contribution is 2.37. The number of anilines is 2. The van der Waals surface area contributed by atoms with Crippen LogP contribution in [0.1, 0.15) is 11.1 Å². The Morgan fingerprint density at radius 2 is 1.61 bits per heavy atom. The van der Waals surface area contributed by atoms with Gasteiger partial charge in [0.05, 0.1) is 28.5 Å². The van der Waals surface area contributed by atoms with E-state index in [0.29, 0.717) is 22.7 Å². The summed E-state index contributed by atoms with van der Waals surface area (Å²) >= 11 is 0. The lowest BCUT2D eigenvalue weighted by atomic mass is 10.1. The highest BCUT2D eigenvalue weighted by atomic mass is 19.4. The highest BCUT2D eigenvalue weighted by Gasteiger charge is 2.34. The molecule has 0 spiro atoms. The van der Waals surface area contributed by atoms with Crippen LogP contribution in [0.4, 0.5) is 38.0 Å². The number of benzene rings is 1. The molecule has 5 aromatic rings. The van der Waals surface area contributed by atoms with Crippen LogP contribution in [0, 0.1) is 0 Å². The van der Waals surface area contributed by atoms with Gasteiger partial charge < -0.3 is 9.88 Å². The maximum Gasteiger partial charge on any atom is 0.418 e. The van der Waals surface area contributed by atoms with E-state index >= 15 is 0 Å². The van der Waals surface area contributed by atoms with Crippen LogP contribution in [-0.2, 0) is 19.4 Å². The van der Waals surface area contributed by atoms with Gasteiger partial charge in [-0.15, -0.1) is 0 Å². The van der Waals surface area contributed by atoms with Gasteiger partial charge in [0.15, 0.2) is 5.82 Å². The van der Waals surface area contributed by atoms with Crippen molar-refractivity contribution in [3.8, 4) is 22.8 Å². The van der Waals surface area contributed by atoms with E-state index in [9.17, 15) is 26.3 Å². The average molecular weight is 503 g/mol. The van der Waals surface area contributed by atoms with E-state index in [1.165, 1.54) is 47.4 Å². The highest BCUT2D eigenvalue weighted by molar-refractivity contribution is 5.81. The Balaban J connectivity index is 1.64. The van der Waals surface area contributed by atoms with Crippen LogP contribution >= 0.6 is 0 Å². The molecular formula is C23H15F6N7. The summed E-state index contributed by atoms with van der Waals surface area (Å²) in [5, 5.41) is 7.17. The summed E-state index contributed by atoms with van der Waals surface area (Å²) in [6.07, 6.45) is -3.45. The molecule has 184 valence electrons. The van der Waals surface area contributed by atoms with Crippen LogP contribution in [0.15, 0.2) is 67.3 Å². The third-order valence-corrected chi connectivity index (χ3v) is 5.38. The van der Waals surface area contributed by atoms with Gasteiger partial charge in [-0.3, -0.25) is 4.98 Å². The first-order chi connectivity index (χ1) is 17.0. The molecule has 0 aliphatic carbocycles. The van der Waals surface area contributed by atoms with Crippen molar-refractivity contribution >= 4 is 17.2 Å². The summed E-state index contributed by atoms with van der Waals surface area (Å²) < 4.78 is 82.4. The van der Waals surface area contributed by atoms with Crippen molar-refractivity contribution < 1.29 is 26.3 Å². The van der Waals surface area contributed by atoms with Crippen molar-refractivity contribution in [2.45, 2.75) is 12.4 Å². The van der Waals surface area contributed by atoms with Crippen LogP contribution in [0.2, 0.25) is 0 Å². The van der Waals surface area contributed by atoms with Crippen LogP contribution in [-0.4, -0.2) is 29.1 Å². The number of hydrogen-bond acceptors (Lipinski definition) is 5. The maximum absolute atomic E-state index is 13.6. The molecule has 13 heteroatoms. The van der Waals surface area contributed by atoms with Crippen molar-refractivity contribution in [2.24, 2.45) is 7.05 Å². The lowest BCUT2D eigenvalue weighted by Crippen LogP contribution is -2.08. The lowest BCUT2D eigenvalue weighted by Gasteiger charge is -2.12. The fraction of sp³-hybridized carbons (Fsp3) is 0.130. The fourth-order valence-corrected chi connectivity index (χ4v) is 3.68. The Morgan fingerprint density at radius 3 is 2.25 bits per heavy atom. The third kappa shape index (κ3) is 4.23. The SMILES string of the molecule is Cn1ccnc1-c1nc(Nc2ccc(C(F)(F)F)cc2)n2ncc(-c3ncccc3C(F)(F)F)cc12. The van der Waals surface area contributed by atoms with Gasteiger partial charge >= 0.3 is 12.4 Å². The minimum atomic E-state index is -4.63. The molecule has 0 radical (unpaired) electrons. The van der Waals surface area contributed by atoms with E-state index in [2.05, 4.69) is 25.4 Å². The molecule has 0 fully saturated rings. The first kappa shape index (κ1) is 23.3. The predicted octanol–water partition coefficient (Wildman–Crippen LogP) is 5.97. The predicted molar refractivity (Wildman–Crippen MR) is 118 cm³/mol. The molecule has 0 atom stereocenters. The van der Waals surface area contributed by atoms with E-state index in [-0.39, 0.29) is 17.2 Å². The quantitative estimate of drug-likeness (QED) is 0.306. The van der Waals surface area contributed by atoms with Crippen LogP contribution in [0.3, 0.4) is 0 Å². The summed E-state index contributed by atoms with van der Waals surface area (Å²) in [6.45, 7) is 0. The molecule has 4 aromatic heterocycles. The van der Waals surface area contributed by atoms with Gasteiger partial charge in [-0.1, -0.05) is 0 Å². The zero-order valence-corrected chi connectivity index (χ0v) is 18.3. The van der Waals surface area contributed by atoms with Crippen molar-refractivity contribution in [3.63, 3.8) is 0 Å². The number of alkyl halides is 6. The molecule has 0 saturated carbocycles. The van der Waals surface area contributed by atoms with E-state index in [1.54, 1.807) is 17.8 Å². The van der Waals surface area contributed by atoms with E-state index < -0.39 is 23.5 Å². The second-order valence-corrected chi connectivity index (χ2v) is 7.78. The summed E-state index contributed by atoms with van der Waals surface area (Å²) in [5.74, 6) is 0.537. The van der Waals surface area contributed by atoms with Gasteiger partial charge in [0, 0.05) is 36.9 Å². The number of halogens is 6. The minimum absolute atomic E-state index is 0.104. The molecule has 0 aliphatic rings. The van der Waals surface area contributed by atoms with Gasteiger partial charge in [0.2, 0.25) is 5.95 Å². The number of aryl methyl sites for hydroxylation is 1. The van der Waals surface area contributed by atoms with Crippen molar-refractivity contribution in [3.05, 3.63) is 78.4 Å². The number of nitrogens with zero attached hydrogens (tertiary/aromatic N) is 6. The summed E-state index contributed by atoms with van der Waals surface area (Å²) in [6, 6.07) is 7.90. The second-order valence-electron chi connectivity index (χ2n) is 7.78. The van der Waals surface area contributed by atoms with Gasteiger partial charge in [-0.05, 0) is 42.5 Å². The first-order valence-corrected chi connectivity index (χ1v) is 10.4. The van der Waals surface area contributed by atoms with Gasteiger partial charge in [0.1, 0.15) is 5.69 Å². The molecule has 5 rings (SSSR count). The van der Waals surface area contributed by atoms with Gasteiger partial charge in [0.25, 0.3) is 0 Å². The first-order valence-electron chi connectivity index (χ1n) is 10.4. The molecule has 0 bridgehead atoms. The smallest absolute Gasteiger partial charge is 0.333 e. The second kappa shape index (κ2) is 8.36. The number of aromatic nitrogens is 6. The molecule has 1 aromatic carbocycles. The van der Waals surface area contributed by atoms with Crippen LogP contribution in [0.25, 0.3) is 28.3 Å². The number of fused-ring (bicyclic) bond motifs is 1. The van der Waals surface area contributed by atoms with Gasteiger partial charge in [-0.25, -0.2) is 9.97 Å². The number of rotatable bonds is 4. The summed E-state index contributed by atoms with van der Waals surface area (Å²) in [5.41, 5.74) is -1.01. The molecule has 1 N–H and O–H groups in total. The zero-order chi connectivity index (χ0) is 25.7. The Kier molecular flexibility index (Phi) is 5.42. The average Bonchev–Trinajstić information content (AvgIpc) is 3.41. The number of nitrogens with one attached hydrogen (secondary N) is 1. The van der Waals surface area contributed by atoms with Gasteiger partial charge in [-0.2, -0.15) is 36.0 Å². The third-order valence-electron chi connectivity index (χ3n) is 5.38. The Hall–Kier alpha value is -4.42. The van der Waals surface area contributed by atoms with Crippen LogP contribution in [0.5, 0.6) is 0 Å². The molecule has 4 heterocycles. The Labute approximate surface area is 199 Å². The van der Waals surface area contributed by atoms with E-state index in [1.807, 2.05) is 0 Å². The molecule has 7 nitrogen and oxygen atoms in total. The number of hydrogen-bond donors (Lipinski definition) is 1. The molecule has 0 unspecified atom stereocenters. The molecule has 0 aliphatic heterocycles. The number of pyridine rings is 1. The summed E-state index contributed by atoms with van der Waals surface area (Å²) in [7, 11) is 1.72. The fourth-order valence-electron chi connectivity index (χ4n) is 3.68. The minimum Gasteiger partial charge on any atom is -0.333 e. The molecular weight excluding hydrogens is 488 g/mol. The molecule has 36 heavy (non-hydrogen) atoms. The molecule has 0 saturated heterocycles.